The Bertz CT molecular complexity index is 1350. The van der Waals surface area contributed by atoms with E-state index >= 15 is 0 Å². The molecule has 2 aromatic carbocycles. The number of carbonyl (C=O) groups is 3. The smallest absolute Gasteiger partial charge is 0.239 e. The van der Waals surface area contributed by atoms with Gasteiger partial charge in [0.15, 0.2) is 0 Å². The third-order valence-electron chi connectivity index (χ3n) is 7.42. The minimum Gasteiger partial charge on any atom is -0.457 e. The summed E-state index contributed by atoms with van der Waals surface area (Å²) < 4.78 is 14.1. The average molecular weight is 561 g/mol. The van der Waals surface area contributed by atoms with Gasteiger partial charge in [0.1, 0.15) is 24.2 Å². The number of carbonyl (C=O) groups excluding carboxylic acids is 3. The summed E-state index contributed by atoms with van der Waals surface area (Å²) in [5.74, 6) is 1.01. The van der Waals surface area contributed by atoms with Crippen LogP contribution < -0.4 is 10.1 Å². The second-order valence-electron chi connectivity index (χ2n) is 10.6. The molecule has 0 spiro atoms. The highest BCUT2D eigenvalue weighted by Crippen LogP contribution is 2.25. The van der Waals surface area contributed by atoms with Crippen molar-refractivity contribution in [3.8, 4) is 11.5 Å². The van der Waals surface area contributed by atoms with Crippen molar-refractivity contribution in [2.75, 3.05) is 26.7 Å². The van der Waals surface area contributed by atoms with Crippen molar-refractivity contribution >= 4 is 17.7 Å². The van der Waals surface area contributed by atoms with Crippen LogP contribution in [0.2, 0.25) is 0 Å². The normalized spacial score (nSPS) is 20.3. The molecule has 0 radical (unpaired) electrons. The van der Waals surface area contributed by atoms with Crippen LogP contribution in [0.5, 0.6) is 11.5 Å². The molecule has 4 bridgehead atoms. The van der Waals surface area contributed by atoms with E-state index in [2.05, 4.69) is 15.4 Å². The molecule has 3 amide bonds. The van der Waals surface area contributed by atoms with Crippen LogP contribution in [0, 0.1) is 0 Å². The van der Waals surface area contributed by atoms with E-state index in [0.29, 0.717) is 63.4 Å². The first-order valence-corrected chi connectivity index (χ1v) is 14.0. The number of hydrogen-bond acceptors (Lipinski definition) is 7. The van der Waals surface area contributed by atoms with E-state index in [9.17, 15) is 14.4 Å². The first-order valence-electron chi connectivity index (χ1n) is 14.0. The average Bonchev–Trinajstić information content (AvgIpc) is 3.48. The van der Waals surface area contributed by atoms with Gasteiger partial charge in [-0.2, -0.15) is 5.10 Å². The molecule has 1 saturated heterocycles. The Labute approximate surface area is 239 Å². The predicted molar refractivity (Wildman–Crippen MR) is 150 cm³/mol. The maximum Gasteiger partial charge on any atom is 0.239 e. The first kappa shape index (κ1) is 28.3. The van der Waals surface area contributed by atoms with Gasteiger partial charge in [-0.25, -0.2) is 4.98 Å². The maximum absolute atomic E-state index is 13.1. The second-order valence-corrected chi connectivity index (χ2v) is 10.6. The SMILES string of the molecule is CN1CC(=O)N[C@H]2CN(C(=O)CCCn3cncn3)CC[C@H]2OCc2cccc(c2)Oc2cccc(c2)CCC1=O. The summed E-state index contributed by atoms with van der Waals surface area (Å²) in [5, 5.41) is 7.13. The van der Waals surface area contributed by atoms with Crippen LogP contribution in [-0.4, -0.2) is 81.1 Å². The van der Waals surface area contributed by atoms with Gasteiger partial charge in [-0.05, 0) is 54.7 Å². The fraction of sp³-hybridized carbons (Fsp3) is 0.433. The number of likely N-dealkylation sites (tertiary alicyclic amines) is 1. The minimum atomic E-state index is -0.405. The van der Waals surface area contributed by atoms with E-state index in [0.717, 1.165) is 11.1 Å². The zero-order valence-electron chi connectivity index (χ0n) is 23.3. The third-order valence-corrected chi connectivity index (χ3v) is 7.42. The lowest BCUT2D eigenvalue weighted by Gasteiger charge is -2.39. The Morgan fingerprint density at radius 3 is 2.63 bits per heavy atom. The minimum absolute atomic E-state index is 0.0256. The lowest BCUT2D eigenvalue weighted by molar-refractivity contribution is -0.138. The molecule has 5 rings (SSSR count). The standard InChI is InChI=1S/C30H36N6O5/c1-34-18-28(37)33-26-17-35(30(39)9-4-13-36-21-31-20-32-36)14-12-27(26)40-19-23-6-3-8-25(16-23)41-24-7-2-5-22(15-24)10-11-29(34)38/h2-3,5-8,15-16,20-21,26-27H,4,9-14,17-19H2,1H3,(H,33,37)/t26-,27+/m0/s1. The Kier molecular flexibility index (Phi) is 9.25. The zero-order valence-corrected chi connectivity index (χ0v) is 23.3. The molecule has 216 valence electrons. The lowest BCUT2D eigenvalue weighted by atomic mass is 10.0. The molecular formula is C30H36N6O5. The molecule has 0 saturated carbocycles. The van der Waals surface area contributed by atoms with Crippen LogP contribution in [0.3, 0.4) is 0 Å². The van der Waals surface area contributed by atoms with Crippen LogP contribution >= 0.6 is 0 Å². The third kappa shape index (κ3) is 7.91. The molecule has 11 nitrogen and oxygen atoms in total. The quantitative estimate of drug-likeness (QED) is 0.521. The summed E-state index contributed by atoms with van der Waals surface area (Å²) in [7, 11) is 1.63. The van der Waals surface area contributed by atoms with Crippen molar-refractivity contribution < 1.29 is 23.9 Å². The molecule has 3 heterocycles. The summed E-state index contributed by atoms with van der Waals surface area (Å²) >= 11 is 0. The predicted octanol–water partition coefficient (Wildman–Crippen LogP) is 2.56. The highest BCUT2D eigenvalue weighted by Gasteiger charge is 2.33. The number of fused-ring (bicyclic) bond motifs is 5. The van der Waals surface area contributed by atoms with Gasteiger partial charge < -0.3 is 24.6 Å². The second kappa shape index (κ2) is 13.4. The number of ether oxygens (including phenoxy) is 2. The molecule has 1 fully saturated rings. The van der Waals surface area contributed by atoms with Gasteiger partial charge >= 0.3 is 0 Å². The Morgan fingerprint density at radius 2 is 1.85 bits per heavy atom. The van der Waals surface area contributed by atoms with Crippen molar-refractivity contribution in [3.05, 3.63) is 72.3 Å². The molecule has 41 heavy (non-hydrogen) atoms. The molecule has 2 aliphatic heterocycles. The summed E-state index contributed by atoms with van der Waals surface area (Å²) in [6.45, 7) is 1.75. The summed E-state index contributed by atoms with van der Waals surface area (Å²) in [4.78, 5) is 46.0. The number of piperidine rings is 1. The van der Waals surface area contributed by atoms with Crippen LogP contribution in [0.1, 0.15) is 36.8 Å². The maximum atomic E-state index is 13.1. The number of nitrogens with zero attached hydrogens (tertiary/aromatic N) is 5. The fourth-order valence-electron chi connectivity index (χ4n) is 5.19. The van der Waals surface area contributed by atoms with Gasteiger partial charge in [0.05, 0.1) is 25.3 Å². The van der Waals surface area contributed by atoms with E-state index < -0.39 is 6.04 Å². The van der Waals surface area contributed by atoms with E-state index in [4.69, 9.17) is 9.47 Å². The number of likely N-dealkylation sites (N-methyl/N-ethyl adjacent to an activating group) is 1. The van der Waals surface area contributed by atoms with Gasteiger partial charge in [0, 0.05) is 39.5 Å². The topological polar surface area (TPSA) is 119 Å². The molecule has 2 atom stereocenters. The van der Waals surface area contributed by atoms with Crippen molar-refractivity contribution in [2.45, 2.75) is 57.4 Å². The van der Waals surface area contributed by atoms with Gasteiger partial charge in [-0.1, -0.05) is 24.3 Å². The monoisotopic (exact) mass is 560 g/mol. The lowest BCUT2D eigenvalue weighted by Crippen LogP contribution is -2.58. The van der Waals surface area contributed by atoms with Gasteiger partial charge in [0.25, 0.3) is 0 Å². The van der Waals surface area contributed by atoms with Crippen LogP contribution in [-0.2, 0) is 38.7 Å². The summed E-state index contributed by atoms with van der Waals surface area (Å²) in [6.07, 6.45) is 5.22. The first-order chi connectivity index (χ1) is 19.9. The molecule has 3 aromatic rings. The van der Waals surface area contributed by atoms with E-state index in [1.54, 1.807) is 23.0 Å². The number of aromatic nitrogens is 3. The molecule has 2 aliphatic rings. The Balaban J connectivity index is 1.29. The Morgan fingerprint density at radius 1 is 1.07 bits per heavy atom. The summed E-state index contributed by atoms with van der Waals surface area (Å²) in [5.41, 5.74) is 1.92. The molecule has 1 aromatic heterocycles. The van der Waals surface area contributed by atoms with E-state index in [1.807, 2.05) is 48.5 Å². The van der Waals surface area contributed by atoms with Gasteiger partial charge in [0.2, 0.25) is 17.7 Å². The highest BCUT2D eigenvalue weighted by atomic mass is 16.5. The number of aryl methyl sites for hydroxylation is 2. The van der Waals surface area contributed by atoms with Gasteiger partial charge in [-0.3, -0.25) is 19.1 Å². The Hall–Kier alpha value is -4.25. The van der Waals surface area contributed by atoms with Crippen molar-refractivity contribution in [1.29, 1.82) is 0 Å². The highest BCUT2D eigenvalue weighted by molar-refractivity contribution is 5.85. The summed E-state index contributed by atoms with van der Waals surface area (Å²) in [6, 6.07) is 15.0. The van der Waals surface area contributed by atoms with Crippen molar-refractivity contribution in [2.24, 2.45) is 0 Å². The van der Waals surface area contributed by atoms with E-state index in [1.165, 1.54) is 11.2 Å². The molecular weight excluding hydrogens is 524 g/mol. The van der Waals surface area contributed by atoms with Crippen LogP contribution in [0.25, 0.3) is 0 Å². The fourth-order valence-corrected chi connectivity index (χ4v) is 5.19. The van der Waals surface area contributed by atoms with E-state index in [-0.39, 0.29) is 36.8 Å². The number of hydrogen-bond donors (Lipinski definition) is 1. The van der Waals surface area contributed by atoms with Crippen molar-refractivity contribution in [1.82, 2.24) is 29.9 Å². The number of nitrogens with one attached hydrogen (secondary N) is 1. The molecule has 0 aliphatic carbocycles. The zero-order chi connectivity index (χ0) is 28.6. The number of amides is 3. The number of rotatable bonds is 4. The molecule has 1 N–H and O–H groups in total. The van der Waals surface area contributed by atoms with Crippen molar-refractivity contribution in [3.63, 3.8) is 0 Å². The molecule has 0 unspecified atom stereocenters. The largest absolute Gasteiger partial charge is 0.457 e. The number of benzene rings is 2. The molecule has 11 heteroatoms. The van der Waals surface area contributed by atoms with Crippen LogP contribution in [0.15, 0.2) is 61.2 Å². The van der Waals surface area contributed by atoms with Crippen LogP contribution in [0.4, 0.5) is 0 Å². The van der Waals surface area contributed by atoms with Gasteiger partial charge in [-0.15, -0.1) is 0 Å².